The Morgan fingerprint density at radius 3 is 2.54 bits per heavy atom. The van der Waals surface area contributed by atoms with Crippen LogP contribution in [0.1, 0.15) is 23.5 Å². The monoisotopic (exact) mass is 370 g/mol. The number of fused-ring (bicyclic) bond motifs is 1. The molecule has 132 valence electrons. The molecule has 0 amide bonds. The van der Waals surface area contributed by atoms with Crippen molar-refractivity contribution in [1.82, 2.24) is 4.31 Å². The van der Waals surface area contributed by atoms with Crippen LogP contribution in [-0.2, 0) is 14.8 Å². The van der Waals surface area contributed by atoms with Gasteiger partial charge in [0.05, 0.1) is 7.11 Å². The van der Waals surface area contributed by atoms with Crippen molar-refractivity contribution in [2.75, 3.05) is 27.2 Å². The fraction of sp³-hybridized carbons (Fsp3) is 0.438. The van der Waals surface area contributed by atoms with Crippen LogP contribution < -0.4 is 5.73 Å². The maximum absolute atomic E-state index is 13.1. The molecule has 0 saturated heterocycles. The summed E-state index contributed by atoms with van der Waals surface area (Å²) in [5, 5.41) is 0.528. The topological polar surface area (TPSA) is 89.7 Å². The minimum absolute atomic E-state index is 0.00488. The second-order valence-corrected chi connectivity index (χ2v) is 9.41. The van der Waals surface area contributed by atoms with Gasteiger partial charge in [0.2, 0.25) is 10.0 Å². The summed E-state index contributed by atoms with van der Waals surface area (Å²) in [7, 11) is -1.12. The summed E-state index contributed by atoms with van der Waals surface area (Å²) in [4.78, 5) is 12.2. The Balaban J connectivity index is 2.63. The number of benzene rings is 1. The van der Waals surface area contributed by atoms with E-state index in [0.717, 1.165) is 16.0 Å². The molecular formula is C16H22N2O4S2. The highest BCUT2D eigenvalue weighted by Gasteiger charge is 2.34. The zero-order valence-corrected chi connectivity index (χ0v) is 15.8. The fourth-order valence-electron chi connectivity index (χ4n) is 2.41. The Hall–Kier alpha value is -1.48. The summed E-state index contributed by atoms with van der Waals surface area (Å²) >= 11 is 1.12. The van der Waals surface area contributed by atoms with Crippen molar-refractivity contribution in [2.24, 2.45) is 11.1 Å². The molecule has 0 aliphatic carbocycles. The third-order valence-corrected chi connectivity index (χ3v) is 6.96. The quantitative estimate of drug-likeness (QED) is 0.788. The molecule has 2 aromatic rings. The van der Waals surface area contributed by atoms with Crippen molar-refractivity contribution in [3.05, 3.63) is 29.1 Å². The number of nitrogens with two attached hydrogens (primary N) is 1. The maximum atomic E-state index is 13.1. The molecule has 24 heavy (non-hydrogen) atoms. The predicted molar refractivity (Wildman–Crippen MR) is 95.8 cm³/mol. The molecule has 0 fully saturated rings. The largest absolute Gasteiger partial charge is 0.465 e. The Labute approximate surface area is 146 Å². The van der Waals surface area contributed by atoms with E-state index in [-0.39, 0.29) is 21.7 Å². The first-order valence-corrected chi connectivity index (χ1v) is 9.66. The van der Waals surface area contributed by atoms with Gasteiger partial charge in [-0.05, 0) is 18.0 Å². The van der Waals surface area contributed by atoms with Gasteiger partial charge in [0.1, 0.15) is 9.77 Å². The van der Waals surface area contributed by atoms with Crippen molar-refractivity contribution in [1.29, 1.82) is 0 Å². The first-order chi connectivity index (χ1) is 11.1. The second-order valence-electron chi connectivity index (χ2n) is 6.38. The summed E-state index contributed by atoms with van der Waals surface area (Å²) in [6.45, 7) is 4.38. The van der Waals surface area contributed by atoms with Crippen LogP contribution in [0.4, 0.5) is 0 Å². The number of nitrogens with zero attached hydrogens (tertiary/aromatic N) is 1. The van der Waals surface area contributed by atoms with Gasteiger partial charge in [0, 0.05) is 23.7 Å². The lowest BCUT2D eigenvalue weighted by atomic mass is 9.94. The van der Waals surface area contributed by atoms with Crippen LogP contribution in [-0.4, -0.2) is 45.9 Å². The lowest BCUT2D eigenvalue weighted by Gasteiger charge is -2.28. The molecule has 6 nitrogen and oxygen atoms in total. The van der Waals surface area contributed by atoms with Crippen LogP contribution in [0.2, 0.25) is 0 Å². The van der Waals surface area contributed by atoms with Crippen LogP contribution in [0.3, 0.4) is 0 Å². The van der Waals surface area contributed by atoms with E-state index in [2.05, 4.69) is 0 Å². The molecule has 0 unspecified atom stereocenters. The molecule has 1 aromatic heterocycles. The van der Waals surface area contributed by atoms with Crippen molar-refractivity contribution < 1.29 is 17.9 Å². The Morgan fingerprint density at radius 2 is 1.96 bits per heavy atom. The number of rotatable bonds is 6. The number of carbonyl (C=O) groups is 1. The highest BCUT2D eigenvalue weighted by molar-refractivity contribution is 7.89. The summed E-state index contributed by atoms with van der Waals surface area (Å²) in [5.41, 5.74) is 5.34. The van der Waals surface area contributed by atoms with Gasteiger partial charge in [-0.15, -0.1) is 11.3 Å². The Bertz CT molecular complexity index is 856. The van der Waals surface area contributed by atoms with Gasteiger partial charge in [0.25, 0.3) is 0 Å². The molecule has 2 rings (SSSR count). The van der Waals surface area contributed by atoms with E-state index in [0.29, 0.717) is 11.9 Å². The number of carbonyl (C=O) groups excluding carboxylic acids is 1. The van der Waals surface area contributed by atoms with Gasteiger partial charge < -0.3 is 10.5 Å². The SMILES string of the molecule is COC(=O)c1sc2ccccc2c1S(=O)(=O)N(C)CC(C)(C)CN. The lowest BCUT2D eigenvalue weighted by Crippen LogP contribution is -2.40. The predicted octanol–water partition coefficient (Wildman–Crippen LogP) is 2.29. The molecule has 8 heteroatoms. The van der Waals surface area contributed by atoms with E-state index in [1.807, 2.05) is 13.8 Å². The van der Waals surface area contributed by atoms with E-state index in [4.69, 9.17) is 10.5 Å². The molecule has 0 bridgehead atoms. The van der Waals surface area contributed by atoms with Gasteiger partial charge in [-0.1, -0.05) is 32.0 Å². The van der Waals surface area contributed by atoms with Gasteiger partial charge in [0.15, 0.2) is 0 Å². The van der Waals surface area contributed by atoms with Crippen LogP contribution in [0, 0.1) is 5.41 Å². The van der Waals surface area contributed by atoms with Crippen LogP contribution in [0.25, 0.3) is 10.1 Å². The summed E-state index contributed by atoms with van der Waals surface area (Å²) < 4.78 is 33.0. The fourth-order valence-corrected chi connectivity index (χ4v) is 5.54. The van der Waals surface area contributed by atoms with Crippen LogP contribution in [0.15, 0.2) is 29.2 Å². The Morgan fingerprint density at radius 1 is 1.33 bits per heavy atom. The molecule has 1 heterocycles. The van der Waals surface area contributed by atoms with E-state index < -0.39 is 16.0 Å². The van der Waals surface area contributed by atoms with E-state index in [1.165, 1.54) is 18.5 Å². The molecule has 0 radical (unpaired) electrons. The second kappa shape index (κ2) is 6.79. The zero-order chi connectivity index (χ0) is 18.1. The molecule has 0 atom stereocenters. The summed E-state index contributed by atoms with van der Waals surface area (Å²) in [6, 6.07) is 7.04. The number of hydrogen-bond acceptors (Lipinski definition) is 6. The van der Waals surface area contributed by atoms with Crippen molar-refractivity contribution in [3.8, 4) is 0 Å². The third-order valence-electron chi connectivity index (χ3n) is 3.79. The maximum Gasteiger partial charge on any atom is 0.349 e. The van der Waals surface area contributed by atoms with Crippen molar-refractivity contribution in [3.63, 3.8) is 0 Å². The van der Waals surface area contributed by atoms with Crippen molar-refractivity contribution >= 4 is 37.4 Å². The normalized spacial score (nSPS) is 12.8. The molecule has 2 N–H and O–H groups in total. The van der Waals surface area contributed by atoms with Crippen LogP contribution >= 0.6 is 11.3 Å². The number of hydrogen-bond donors (Lipinski definition) is 1. The number of methoxy groups -OCH3 is 1. The van der Waals surface area contributed by atoms with Gasteiger partial charge >= 0.3 is 5.97 Å². The summed E-state index contributed by atoms with van der Waals surface area (Å²) in [5.74, 6) is -0.652. The minimum Gasteiger partial charge on any atom is -0.465 e. The minimum atomic E-state index is -3.86. The standard InChI is InChI=1S/C16H22N2O4S2/c1-16(2,9-17)10-18(3)24(20,21)14-11-7-5-6-8-12(11)23-13(14)15(19)22-4/h5-8H,9-10,17H2,1-4H3. The smallest absolute Gasteiger partial charge is 0.349 e. The number of thiophene rings is 1. The molecule has 0 aliphatic rings. The average Bonchev–Trinajstić information content (AvgIpc) is 2.93. The van der Waals surface area contributed by atoms with E-state index in [9.17, 15) is 13.2 Å². The van der Waals surface area contributed by atoms with Crippen LogP contribution in [0.5, 0.6) is 0 Å². The molecular weight excluding hydrogens is 348 g/mol. The first kappa shape index (κ1) is 18.9. The zero-order valence-electron chi connectivity index (χ0n) is 14.2. The van der Waals surface area contributed by atoms with Gasteiger partial charge in [-0.2, -0.15) is 0 Å². The Kier molecular flexibility index (Phi) is 5.34. The van der Waals surface area contributed by atoms with E-state index >= 15 is 0 Å². The average molecular weight is 370 g/mol. The number of sulfonamides is 1. The van der Waals surface area contributed by atoms with Gasteiger partial charge in [-0.25, -0.2) is 17.5 Å². The lowest BCUT2D eigenvalue weighted by molar-refractivity contribution is 0.0602. The highest BCUT2D eigenvalue weighted by atomic mass is 32.2. The van der Waals surface area contributed by atoms with E-state index in [1.54, 1.807) is 24.3 Å². The van der Waals surface area contributed by atoms with Gasteiger partial charge in [-0.3, -0.25) is 0 Å². The van der Waals surface area contributed by atoms with Crippen molar-refractivity contribution in [2.45, 2.75) is 18.7 Å². The highest BCUT2D eigenvalue weighted by Crippen LogP contribution is 2.37. The third kappa shape index (κ3) is 3.46. The summed E-state index contributed by atoms with van der Waals surface area (Å²) in [6.07, 6.45) is 0. The molecule has 0 spiro atoms. The number of ether oxygens (including phenoxy) is 1. The first-order valence-electron chi connectivity index (χ1n) is 7.40. The number of esters is 1. The molecule has 0 saturated carbocycles. The molecule has 0 aliphatic heterocycles. The molecule has 1 aromatic carbocycles.